The number of benzene rings is 3. The molecule has 2 amide bonds. The number of likely N-dealkylation sites (N-methyl/N-ethyl adjacent to an activating group) is 1. The number of rotatable bonds is 6. The lowest BCUT2D eigenvalue weighted by atomic mass is 9.99. The molecule has 5 nitrogen and oxygen atoms in total. The first-order valence-corrected chi connectivity index (χ1v) is 11.0. The second kappa shape index (κ2) is 8.94. The second-order valence-corrected chi connectivity index (χ2v) is 8.72. The van der Waals surface area contributed by atoms with Crippen LogP contribution in [0.2, 0.25) is 0 Å². The SMILES string of the molecule is Cc1ccc(C2=C(N(C)Cc3ccccc3)C(=O)N(c3ccc(N(C)C)cc3)C2=O)cc1C. The normalized spacial score (nSPS) is 13.7. The molecule has 3 aromatic rings. The molecule has 0 saturated carbocycles. The molecular formula is C28H29N3O2. The number of hydrogen-bond acceptors (Lipinski definition) is 4. The van der Waals surface area contributed by atoms with Gasteiger partial charge in [0.25, 0.3) is 11.8 Å². The molecule has 0 N–H and O–H groups in total. The number of hydrogen-bond donors (Lipinski definition) is 0. The van der Waals surface area contributed by atoms with Crippen LogP contribution in [0.25, 0.3) is 5.57 Å². The molecule has 33 heavy (non-hydrogen) atoms. The minimum atomic E-state index is -0.302. The highest BCUT2D eigenvalue weighted by Gasteiger charge is 2.41. The molecule has 0 radical (unpaired) electrons. The van der Waals surface area contributed by atoms with Crippen molar-refractivity contribution in [1.29, 1.82) is 0 Å². The summed E-state index contributed by atoms with van der Waals surface area (Å²) in [6.45, 7) is 4.58. The van der Waals surface area contributed by atoms with Crippen LogP contribution in [0.15, 0.2) is 78.5 Å². The van der Waals surface area contributed by atoms with Gasteiger partial charge in [-0.2, -0.15) is 0 Å². The van der Waals surface area contributed by atoms with Gasteiger partial charge in [0.05, 0.1) is 11.3 Å². The van der Waals surface area contributed by atoms with Crippen molar-refractivity contribution < 1.29 is 9.59 Å². The van der Waals surface area contributed by atoms with Gasteiger partial charge in [-0.1, -0.05) is 48.5 Å². The lowest BCUT2D eigenvalue weighted by Crippen LogP contribution is -2.34. The van der Waals surface area contributed by atoms with Gasteiger partial charge in [-0.3, -0.25) is 9.59 Å². The van der Waals surface area contributed by atoms with Crippen LogP contribution >= 0.6 is 0 Å². The van der Waals surface area contributed by atoms with Crippen LogP contribution in [0.5, 0.6) is 0 Å². The van der Waals surface area contributed by atoms with E-state index >= 15 is 0 Å². The predicted octanol–water partition coefficient (Wildman–Crippen LogP) is 4.79. The van der Waals surface area contributed by atoms with Crippen molar-refractivity contribution in [3.8, 4) is 0 Å². The van der Waals surface area contributed by atoms with Crippen LogP contribution in [0.1, 0.15) is 22.3 Å². The van der Waals surface area contributed by atoms with Gasteiger partial charge in [-0.15, -0.1) is 0 Å². The first kappa shape index (κ1) is 22.3. The first-order chi connectivity index (χ1) is 15.8. The van der Waals surface area contributed by atoms with Gasteiger partial charge in [-0.05, 0) is 60.4 Å². The molecule has 1 heterocycles. The van der Waals surface area contributed by atoms with Crippen molar-refractivity contribution in [2.75, 3.05) is 30.9 Å². The third kappa shape index (κ3) is 4.27. The summed E-state index contributed by atoms with van der Waals surface area (Å²) >= 11 is 0. The zero-order valence-electron chi connectivity index (χ0n) is 19.8. The molecule has 0 aliphatic carbocycles. The fourth-order valence-corrected chi connectivity index (χ4v) is 4.10. The molecule has 4 rings (SSSR count). The summed E-state index contributed by atoms with van der Waals surface area (Å²) in [5, 5.41) is 0. The highest BCUT2D eigenvalue weighted by atomic mass is 16.2. The van der Waals surface area contributed by atoms with Gasteiger partial charge in [-0.25, -0.2) is 4.90 Å². The van der Waals surface area contributed by atoms with E-state index in [0.29, 0.717) is 23.5 Å². The van der Waals surface area contributed by atoms with Gasteiger partial charge in [0.2, 0.25) is 0 Å². The second-order valence-electron chi connectivity index (χ2n) is 8.72. The minimum absolute atomic E-state index is 0.296. The summed E-state index contributed by atoms with van der Waals surface area (Å²) in [7, 11) is 5.78. The van der Waals surface area contributed by atoms with E-state index in [1.54, 1.807) is 0 Å². The van der Waals surface area contributed by atoms with Crippen LogP contribution < -0.4 is 9.80 Å². The zero-order chi connectivity index (χ0) is 23.7. The molecule has 0 bridgehead atoms. The Morgan fingerprint density at radius 2 is 1.42 bits per heavy atom. The van der Waals surface area contributed by atoms with Gasteiger partial charge in [0.1, 0.15) is 5.70 Å². The quantitative estimate of drug-likeness (QED) is 0.518. The van der Waals surface area contributed by atoms with E-state index < -0.39 is 0 Å². The van der Waals surface area contributed by atoms with Crippen LogP contribution in [0, 0.1) is 13.8 Å². The average molecular weight is 440 g/mol. The number of aryl methyl sites for hydroxylation is 2. The number of nitrogens with zero attached hydrogens (tertiary/aromatic N) is 3. The van der Waals surface area contributed by atoms with E-state index in [0.717, 1.165) is 27.9 Å². The number of amides is 2. The van der Waals surface area contributed by atoms with E-state index in [1.165, 1.54) is 4.90 Å². The Kier molecular flexibility index (Phi) is 6.05. The molecule has 0 saturated heterocycles. The summed E-state index contributed by atoms with van der Waals surface area (Å²) in [6.07, 6.45) is 0. The number of imide groups is 1. The summed E-state index contributed by atoms with van der Waals surface area (Å²) in [4.78, 5) is 32.6. The molecule has 3 aromatic carbocycles. The van der Waals surface area contributed by atoms with Gasteiger partial charge >= 0.3 is 0 Å². The summed E-state index contributed by atoms with van der Waals surface area (Å²) < 4.78 is 0. The van der Waals surface area contributed by atoms with Crippen molar-refractivity contribution in [2.45, 2.75) is 20.4 Å². The van der Waals surface area contributed by atoms with Gasteiger partial charge < -0.3 is 9.80 Å². The lowest BCUT2D eigenvalue weighted by molar-refractivity contribution is -0.120. The lowest BCUT2D eigenvalue weighted by Gasteiger charge is -2.22. The fraction of sp³-hybridized carbons (Fsp3) is 0.214. The van der Waals surface area contributed by atoms with Crippen molar-refractivity contribution >= 4 is 28.8 Å². The zero-order valence-corrected chi connectivity index (χ0v) is 19.8. The molecule has 1 aliphatic heterocycles. The summed E-state index contributed by atoms with van der Waals surface area (Å²) in [6, 6.07) is 23.3. The highest BCUT2D eigenvalue weighted by Crippen LogP contribution is 2.36. The predicted molar refractivity (Wildman–Crippen MR) is 134 cm³/mol. The Hall–Kier alpha value is -3.86. The van der Waals surface area contributed by atoms with Crippen molar-refractivity contribution in [2.24, 2.45) is 0 Å². The standard InChI is InChI=1S/C28H29N3O2/c1-19-11-12-22(17-20(19)2)25-26(30(5)18-21-9-7-6-8-10-21)28(33)31(27(25)32)24-15-13-23(14-16-24)29(3)4/h6-17H,18H2,1-5H3. The largest absolute Gasteiger partial charge is 0.378 e. The maximum absolute atomic E-state index is 13.7. The van der Waals surface area contributed by atoms with Crippen LogP contribution in [-0.4, -0.2) is 37.9 Å². The van der Waals surface area contributed by atoms with Crippen molar-refractivity contribution in [3.05, 3.63) is 101 Å². The molecule has 1 aliphatic rings. The number of carbonyl (C=O) groups excluding carboxylic acids is 2. The Bertz CT molecular complexity index is 1230. The number of anilines is 2. The van der Waals surface area contributed by atoms with Crippen LogP contribution in [-0.2, 0) is 16.1 Å². The van der Waals surface area contributed by atoms with Crippen LogP contribution in [0.3, 0.4) is 0 Å². The Morgan fingerprint density at radius 1 is 0.758 bits per heavy atom. The Morgan fingerprint density at radius 3 is 2.03 bits per heavy atom. The molecule has 168 valence electrons. The molecular weight excluding hydrogens is 410 g/mol. The third-order valence-corrected chi connectivity index (χ3v) is 6.12. The first-order valence-electron chi connectivity index (χ1n) is 11.0. The smallest absolute Gasteiger partial charge is 0.282 e. The molecule has 0 spiro atoms. The number of carbonyl (C=O) groups is 2. The molecule has 0 aromatic heterocycles. The van der Waals surface area contributed by atoms with Gasteiger partial charge in [0.15, 0.2) is 0 Å². The topological polar surface area (TPSA) is 43.9 Å². The maximum Gasteiger partial charge on any atom is 0.282 e. The third-order valence-electron chi connectivity index (χ3n) is 6.12. The molecule has 5 heteroatoms. The van der Waals surface area contributed by atoms with E-state index in [-0.39, 0.29) is 11.8 Å². The Balaban J connectivity index is 1.79. The summed E-state index contributed by atoms with van der Waals surface area (Å²) in [5.74, 6) is -0.597. The van der Waals surface area contributed by atoms with E-state index in [1.807, 2.05) is 118 Å². The summed E-state index contributed by atoms with van der Waals surface area (Å²) in [5.41, 5.74) is 6.49. The fourth-order valence-electron chi connectivity index (χ4n) is 4.10. The van der Waals surface area contributed by atoms with Gasteiger partial charge in [0, 0.05) is 33.4 Å². The van der Waals surface area contributed by atoms with E-state index in [4.69, 9.17) is 0 Å². The average Bonchev–Trinajstić information content (AvgIpc) is 3.06. The minimum Gasteiger partial charge on any atom is -0.378 e. The highest BCUT2D eigenvalue weighted by molar-refractivity contribution is 6.45. The van der Waals surface area contributed by atoms with Crippen LogP contribution in [0.4, 0.5) is 11.4 Å². The Labute approximate surface area is 195 Å². The maximum atomic E-state index is 13.7. The van der Waals surface area contributed by atoms with E-state index in [2.05, 4.69) is 0 Å². The molecule has 0 unspecified atom stereocenters. The van der Waals surface area contributed by atoms with Crippen molar-refractivity contribution in [3.63, 3.8) is 0 Å². The van der Waals surface area contributed by atoms with Crippen molar-refractivity contribution in [1.82, 2.24) is 4.90 Å². The monoisotopic (exact) mass is 439 g/mol. The molecule has 0 fully saturated rings. The molecule has 0 atom stereocenters. The van der Waals surface area contributed by atoms with E-state index in [9.17, 15) is 9.59 Å².